The number of carbonyl (C=O) groups excluding carboxylic acids is 2. The second-order valence-electron chi connectivity index (χ2n) is 9.27. The minimum Gasteiger partial charge on any atom is -0.357 e. The molecule has 0 fully saturated rings. The Bertz CT molecular complexity index is 1570. The predicted molar refractivity (Wildman–Crippen MR) is 160 cm³/mol. The van der Waals surface area contributed by atoms with Crippen LogP contribution in [-0.4, -0.2) is 44.8 Å². The highest BCUT2D eigenvalue weighted by Gasteiger charge is 2.34. The monoisotopic (exact) mass is 637 g/mol. The smallest absolute Gasteiger partial charge is 0.264 e. The maximum absolute atomic E-state index is 14.2. The van der Waals surface area contributed by atoms with Crippen LogP contribution in [0.2, 0.25) is 0 Å². The maximum Gasteiger partial charge on any atom is 0.264 e. The van der Waals surface area contributed by atoms with Crippen LogP contribution in [-0.2, 0) is 32.6 Å². The summed E-state index contributed by atoms with van der Waals surface area (Å²) in [5, 5.41) is 2.65. The lowest BCUT2D eigenvalue weighted by Gasteiger charge is -2.33. The fourth-order valence-corrected chi connectivity index (χ4v) is 6.06. The van der Waals surface area contributed by atoms with E-state index < -0.39 is 40.2 Å². The van der Waals surface area contributed by atoms with Crippen molar-refractivity contribution < 1.29 is 22.4 Å². The summed E-state index contributed by atoms with van der Waals surface area (Å²) < 4.78 is 43.2. The van der Waals surface area contributed by atoms with Gasteiger partial charge >= 0.3 is 0 Å². The van der Waals surface area contributed by atoms with Gasteiger partial charge in [-0.1, -0.05) is 76.6 Å². The molecule has 212 valence electrons. The lowest BCUT2D eigenvalue weighted by atomic mass is 10.0. The van der Waals surface area contributed by atoms with Crippen LogP contribution < -0.4 is 9.62 Å². The van der Waals surface area contributed by atoms with Crippen LogP contribution in [0.5, 0.6) is 0 Å². The van der Waals surface area contributed by atoms with Gasteiger partial charge in [-0.3, -0.25) is 13.9 Å². The Morgan fingerprint density at radius 1 is 0.829 bits per heavy atom. The van der Waals surface area contributed by atoms with Crippen molar-refractivity contribution in [2.45, 2.75) is 23.9 Å². The first kappa shape index (κ1) is 30.0. The van der Waals surface area contributed by atoms with Crippen molar-refractivity contribution in [1.29, 1.82) is 0 Å². The lowest BCUT2D eigenvalue weighted by molar-refractivity contribution is -0.139. The number of sulfonamides is 1. The maximum atomic E-state index is 14.2. The summed E-state index contributed by atoms with van der Waals surface area (Å²) in [6.07, 6.45) is 0.213. The quantitative estimate of drug-likeness (QED) is 0.246. The molecular formula is C31H29BrFN3O4S. The number of likely N-dealkylation sites (N-methyl/N-ethyl adjacent to an activating group) is 1. The summed E-state index contributed by atoms with van der Waals surface area (Å²) in [7, 11) is -2.73. The zero-order valence-electron chi connectivity index (χ0n) is 22.3. The number of anilines is 1. The third-order valence-corrected chi connectivity index (χ3v) is 8.83. The van der Waals surface area contributed by atoms with Gasteiger partial charge in [0.2, 0.25) is 11.8 Å². The van der Waals surface area contributed by atoms with Crippen LogP contribution in [0.3, 0.4) is 0 Å². The minimum atomic E-state index is -4.23. The molecule has 0 spiro atoms. The molecule has 1 atom stereocenters. The molecule has 0 bridgehead atoms. The molecule has 41 heavy (non-hydrogen) atoms. The average molecular weight is 639 g/mol. The zero-order valence-corrected chi connectivity index (χ0v) is 24.7. The Morgan fingerprint density at radius 2 is 1.41 bits per heavy atom. The summed E-state index contributed by atoms with van der Waals surface area (Å²) in [5.74, 6) is -1.53. The Hall–Kier alpha value is -4.02. The van der Waals surface area contributed by atoms with E-state index in [2.05, 4.69) is 21.2 Å². The fraction of sp³-hybridized carbons (Fsp3) is 0.161. The number of hydrogen-bond acceptors (Lipinski definition) is 4. The van der Waals surface area contributed by atoms with Crippen molar-refractivity contribution in [3.8, 4) is 0 Å². The van der Waals surface area contributed by atoms with Crippen molar-refractivity contribution in [2.24, 2.45) is 0 Å². The molecule has 7 nitrogen and oxygen atoms in total. The van der Waals surface area contributed by atoms with E-state index in [0.29, 0.717) is 0 Å². The number of amides is 2. The largest absolute Gasteiger partial charge is 0.357 e. The fourth-order valence-electron chi connectivity index (χ4n) is 4.36. The van der Waals surface area contributed by atoms with Crippen LogP contribution >= 0.6 is 15.9 Å². The summed E-state index contributed by atoms with van der Waals surface area (Å²) >= 11 is 3.41. The van der Waals surface area contributed by atoms with E-state index in [1.165, 1.54) is 36.2 Å². The van der Waals surface area contributed by atoms with Crippen molar-refractivity contribution in [1.82, 2.24) is 10.2 Å². The molecule has 0 aliphatic rings. The van der Waals surface area contributed by atoms with E-state index in [0.717, 1.165) is 32.0 Å². The summed E-state index contributed by atoms with van der Waals surface area (Å²) in [6.45, 7) is -0.554. The van der Waals surface area contributed by atoms with E-state index in [9.17, 15) is 22.4 Å². The molecule has 4 aromatic rings. The number of benzene rings is 4. The van der Waals surface area contributed by atoms with Crippen LogP contribution in [0, 0.1) is 5.82 Å². The lowest BCUT2D eigenvalue weighted by Crippen LogP contribution is -2.53. The first-order valence-electron chi connectivity index (χ1n) is 12.8. The van der Waals surface area contributed by atoms with E-state index in [4.69, 9.17) is 0 Å². The molecule has 0 radical (unpaired) electrons. The van der Waals surface area contributed by atoms with E-state index >= 15 is 0 Å². The van der Waals surface area contributed by atoms with Crippen molar-refractivity contribution in [3.63, 3.8) is 0 Å². The van der Waals surface area contributed by atoms with Gasteiger partial charge in [0.05, 0.1) is 10.6 Å². The van der Waals surface area contributed by atoms with Gasteiger partial charge < -0.3 is 10.2 Å². The topological polar surface area (TPSA) is 86.8 Å². The van der Waals surface area contributed by atoms with Crippen LogP contribution in [0.15, 0.2) is 119 Å². The third kappa shape index (κ3) is 7.59. The molecule has 10 heteroatoms. The molecule has 1 unspecified atom stereocenters. The zero-order chi connectivity index (χ0) is 29.4. The third-order valence-electron chi connectivity index (χ3n) is 6.51. The van der Waals surface area contributed by atoms with Gasteiger partial charge in [-0.25, -0.2) is 12.8 Å². The summed E-state index contributed by atoms with van der Waals surface area (Å²) in [6, 6.07) is 28.2. The van der Waals surface area contributed by atoms with Gasteiger partial charge in [0.25, 0.3) is 10.0 Å². The number of rotatable bonds is 11. The van der Waals surface area contributed by atoms with Crippen LogP contribution in [0.4, 0.5) is 10.1 Å². The molecule has 2 amide bonds. The van der Waals surface area contributed by atoms with Gasteiger partial charge in [-0.05, 0) is 59.7 Å². The second kappa shape index (κ2) is 13.6. The Balaban J connectivity index is 1.77. The van der Waals surface area contributed by atoms with Gasteiger partial charge in [-0.15, -0.1) is 0 Å². The highest BCUT2D eigenvalue weighted by Crippen LogP contribution is 2.25. The highest BCUT2D eigenvalue weighted by atomic mass is 79.9. The molecule has 4 aromatic carbocycles. The molecule has 0 aliphatic heterocycles. The van der Waals surface area contributed by atoms with Crippen LogP contribution in [0.1, 0.15) is 11.1 Å². The molecule has 1 N–H and O–H groups in total. The number of nitrogens with zero attached hydrogens (tertiary/aromatic N) is 2. The highest BCUT2D eigenvalue weighted by molar-refractivity contribution is 9.10. The van der Waals surface area contributed by atoms with E-state index in [-0.39, 0.29) is 23.5 Å². The van der Waals surface area contributed by atoms with Crippen molar-refractivity contribution >= 4 is 43.5 Å². The summed E-state index contributed by atoms with van der Waals surface area (Å²) in [5.41, 5.74) is 1.71. The summed E-state index contributed by atoms with van der Waals surface area (Å²) in [4.78, 5) is 28.8. The first-order valence-corrected chi connectivity index (χ1v) is 15.0. The molecule has 4 rings (SSSR count). The van der Waals surface area contributed by atoms with Gasteiger partial charge in [-0.2, -0.15) is 0 Å². The average Bonchev–Trinajstić information content (AvgIpc) is 2.99. The number of hydrogen-bond donors (Lipinski definition) is 1. The normalized spacial score (nSPS) is 11.9. The molecule has 0 aromatic heterocycles. The van der Waals surface area contributed by atoms with E-state index in [1.807, 2.05) is 54.6 Å². The molecule has 0 heterocycles. The van der Waals surface area contributed by atoms with Gasteiger partial charge in [0, 0.05) is 24.5 Å². The van der Waals surface area contributed by atoms with Crippen molar-refractivity contribution in [3.05, 3.63) is 131 Å². The molecule has 0 aliphatic carbocycles. The standard InChI is InChI=1S/C31H29BrFN3O4S/c1-34-31(38)29(20-23-8-4-2-5-9-23)35(21-24-12-14-25(32)15-13-24)30(37)22-36(27-18-16-26(33)17-19-27)41(39,40)28-10-6-3-7-11-28/h2-19,29H,20-22H2,1H3,(H,34,38). The molecular weight excluding hydrogens is 609 g/mol. The Labute approximate surface area is 247 Å². The van der Waals surface area contributed by atoms with Gasteiger partial charge in [0.1, 0.15) is 18.4 Å². The van der Waals surface area contributed by atoms with E-state index in [1.54, 1.807) is 18.2 Å². The number of halogens is 2. The molecule has 0 saturated heterocycles. The SMILES string of the molecule is CNC(=O)C(Cc1ccccc1)N(Cc1ccc(Br)cc1)C(=O)CN(c1ccc(F)cc1)S(=O)(=O)c1ccccc1. The van der Waals surface area contributed by atoms with Crippen LogP contribution in [0.25, 0.3) is 0 Å². The predicted octanol–water partition coefficient (Wildman–Crippen LogP) is 5.17. The second-order valence-corrected chi connectivity index (χ2v) is 12.0. The number of nitrogens with one attached hydrogen (secondary N) is 1. The first-order chi connectivity index (χ1) is 19.7. The molecule has 0 saturated carbocycles. The van der Waals surface area contributed by atoms with Crippen molar-refractivity contribution in [2.75, 3.05) is 17.9 Å². The minimum absolute atomic E-state index is 0.0243. The Kier molecular flexibility index (Phi) is 9.91. The van der Waals surface area contributed by atoms with Gasteiger partial charge in [0.15, 0.2) is 0 Å². The Morgan fingerprint density at radius 3 is 2.00 bits per heavy atom. The number of carbonyl (C=O) groups is 2.